The van der Waals surface area contributed by atoms with E-state index in [2.05, 4.69) is 54.6 Å². The van der Waals surface area contributed by atoms with Gasteiger partial charge >= 0.3 is 0 Å². The minimum atomic E-state index is 0.333. The van der Waals surface area contributed by atoms with Crippen LogP contribution in [0.1, 0.15) is 63.5 Å². The summed E-state index contributed by atoms with van der Waals surface area (Å²) in [5.74, 6) is 0.506. The smallest absolute Gasteiger partial charge is 0.164 e. The maximum atomic E-state index is 6.43. The summed E-state index contributed by atoms with van der Waals surface area (Å²) in [5, 5.41) is 7.30. The number of benzene rings is 1. The third-order valence-electron chi connectivity index (χ3n) is 8.80. The summed E-state index contributed by atoms with van der Waals surface area (Å²) in [5.41, 5.74) is 10.6. The molecule has 7 rings (SSSR count). The molecular weight excluding hydrogens is 450 g/mol. The molecule has 1 aliphatic heterocycles. The molecule has 0 unspecified atom stereocenters. The van der Waals surface area contributed by atoms with Gasteiger partial charge in [-0.1, -0.05) is 18.9 Å². The van der Waals surface area contributed by atoms with Gasteiger partial charge in [0.1, 0.15) is 17.8 Å². The normalized spacial score (nSPS) is 24.2. The van der Waals surface area contributed by atoms with Crippen molar-refractivity contribution in [2.24, 2.45) is 0 Å². The first kappa shape index (κ1) is 22.2. The van der Waals surface area contributed by atoms with Crippen molar-refractivity contribution in [3.05, 3.63) is 36.8 Å². The fourth-order valence-electron chi connectivity index (χ4n) is 6.87. The van der Waals surface area contributed by atoms with Crippen LogP contribution in [0.2, 0.25) is 0 Å². The zero-order chi connectivity index (χ0) is 24.1. The van der Waals surface area contributed by atoms with Gasteiger partial charge in [-0.15, -0.1) is 0 Å². The Hall–Kier alpha value is -2.97. The number of ether oxygens (including phenoxy) is 1. The van der Waals surface area contributed by atoms with Crippen molar-refractivity contribution in [2.45, 2.75) is 69.5 Å². The number of rotatable bonds is 4. The predicted octanol–water partition coefficient (Wildman–Crippen LogP) is 4.96. The van der Waals surface area contributed by atoms with Crippen LogP contribution in [0.15, 0.2) is 36.8 Å². The fourth-order valence-corrected chi connectivity index (χ4v) is 6.87. The van der Waals surface area contributed by atoms with E-state index >= 15 is 0 Å². The second-order valence-corrected chi connectivity index (χ2v) is 10.8. The average molecular weight is 486 g/mol. The minimum absolute atomic E-state index is 0.333. The SMILES string of the molecule is Nc1ncnc2c1c(-c1ccc3c(ccn3C3CCCC3)c1)nn2C1CCC(N2CCOCC2)CC1. The Morgan fingerprint density at radius 2 is 1.64 bits per heavy atom. The van der Waals surface area contributed by atoms with Gasteiger partial charge in [-0.3, -0.25) is 4.90 Å². The Morgan fingerprint density at radius 1 is 0.861 bits per heavy atom. The van der Waals surface area contributed by atoms with E-state index in [1.54, 1.807) is 6.33 Å². The summed E-state index contributed by atoms with van der Waals surface area (Å²) < 4.78 is 10.2. The molecule has 3 aliphatic rings. The van der Waals surface area contributed by atoms with E-state index in [1.165, 1.54) is 49.4 Å². The van der Waals surface area contributed by atoms with Crippen molar-refractivity contribution in [3.63, 3.8) is 0 Å². The Bertz CT molecular complexity index is 1370. The van der Waals surface area contributed by atoms with Crippen LogP contribution in [0, 0.1) is 0 Å². The van der Waals surface area contributed by atoms with E-state index in [4.69, 9.17) is 15.6 Å². The van der Waals surface area contributed by atoms with E-state index in [-0.39, 0.29) is 0 Å². The molecule has 0 atom stereocenters. The van der Waals surface area contributed by atoms with Crippen molar-refractivity contribution >= 4 is 27.8 Å². The highest BCUT2D eigenvalue weighted by Gasteiger charge is 2.30. The molecule has 3 fully saturated rings. The molecule has 2 aliphatic carbocycles. The fraction of sp³-hybridized carbons (Fsp3) is 0.536. The van der Waals surface area contributed by atoms with Gasteiger partial charge in [0.05, 0.1) is 24.6 Å². The zero-order valence-corrected chi connectivity index (χ0v) is 20.9. The molecule has 8 nitrogen and oxygen atoms in total. The van der Waals surface area contributed by atoms with Gasteiger partial charge in [0.15, 0.2) is 5.65 Å². The lowest BCUT2D eigenvalue weighted by Gasteiger charge is -2.38. The number of hydrogen-bond acceptors (Lipinski definition) is 6. The highest BCUT2D eigenvalue weighted by molar-refractivity contribution is 6.00. The lowest BCUT2D eigenvalue weighted by molar-refractivity contribution is 0.00520. The van der Waals surface area contributed by atoms with Crippen LogP contribution < -0.4 is 5.73 Å². The number of nitrogens with zero attached hydrogens (tertiary/aromatic N) is 6. The van der Waals surface area contributed by atoms with Gasteiger partial charge < -0.3 is 15.0 Å². The van der Waals surface area contributed by atoms with Crippen LogP contribution in [0.25, 0.3) is 33.2 Å². The number of hydrogen-bond donors (Lipinski definition) is 1. The molecule has 2 N–H and O–H groups in total. The Kier molecular flexibility index (Phi) is 5.66. The number of fused-ring (bicyclic) bond motifs is 2. The van der Waals surface area contributed by atoms with Gasteiger partial charge in [0.2, 0.25) is 0 Å². The molecular formula is C28H35N7O. The number of morpholine rings is 1. The molecule has 0 amide bonds. The van der Waals surface area contributed by atoms with Crippen LogP contribution in [0.4, 0.5) is 5.82 Å². The molecule has 0 spiro atoms. The number of nitrogens with two attached hydrogens (primary N) is 1. The lowest BCUT2D eigenvalue weighted by atomic mass is 9.90. The van der Waals surface area contributed by atoms with Crippen molar-refractivity contribution in [1.82, 2.24) is 29.2 Å². The van der Waals surface area contributed by atoms with Gasteiger partial charge in [-0.05, 0) is 56.7 Å². The van der Waals surface area contributed by atoms with Gasteiger partial charge in [0.25, 0.3) is 0 Å². The van der Waals surface area contributed by atoms with Crippen molar-refractivity contribution < 1.29 is 4.74 Å². The molecule has 4 heterocycles. The van der Waals surface area contributed by atoms with Crippen LogP contribution >= 0.6 is 0 Å². The zero-order valence-electron chi connectivity index (χ0n) is 20.9. The topological polar surface area (TPSA) is 87.0 Å². The molecule has 188 valence electrons. The molecule has 3 aromatic heterocycles. The maximum absolute atomic E-state index is 6.43. The van der Waals surface area contributed by atoms with Crippen LogP contribution in [0.5, 0.6) is 0 Å². The Labute approximate surface area is 211 Å². The third kappa shape index (κ3) is 3.78. The molecule has 0 radical (unpaired) electrons. The lowest BCUT2D eigenvalue weighted by Crippen LogP contribution is -2.45. The molecule has 2 saturated carbocycles. The standard InChI is InChI=1S/C28H35N7O/c29-27-25-26(20-5-10-24-19(17-20)11-12-34(24)22-3-1-2-4-22)32-35(28(25)31-18-30-27)23-8-6-21(7-9-23)33-13-15-36-16-14-33/h5,10-12,17-18,21-23H,1-4,6-9,13-16H2,(H2,29,30,31). The molecule has 1 aromatic carbocycles. The third-order valence-corrected chi connectivity index (χ3v) is 8.80. The monoisotopic (exact) mass is 485 g/mol. The molecule has 36 heavy (non-hydrogen) atoms. The second kappa shape index (κ2) is 9.16. The molecule has 4 aromatic rings. The number of anilines is 1. The summed E-state index contributed by atoms with van der Waals surface area (Å²) in [7, 11) is 0. The first-order valence-corrected chi connectivity index (χ1v) is 13.7. The van der Waals surface area contributed by atoms with Crippen molar-refractivity contribution in [1.29, 1.82) is 0 Å². The van der Waals surface area contributed by atoms with Gasteiger partial charge in [0, 0.05) is 47.8 Å². The Morgan fingerprint density at radius 3 is 2.44 bits per heavy atom. The summed E-state index contributed by atoms with van der Waals surface area (Å²) >= 11 is 0. The summed E-state index contributed by atoms with van der Waals surface area (Å²) in [6.45, 7) is 3.83. The summed E-state index contributed by atoms with van der Waals surface area (Å²) in [4.78, 5) is 11.6. The average Bonchev–Trinajstić information content (AvgIpc) is 3.68. The van der Waals surface area contributed by atoms with Crippen LogP contribution in [0.3, 0.4) is 0 Å². The number of aromatic nitrogens is 5. The highest BCUT2D eigenvalue weighted by Crippen LogP contribution is 2.39. The maximum Gasteiger partial charge on any atom is 0.164 e. The van der Waals surface area contributed by atoms with Crippen LogP contribution in [-0.2, 0) is 4.74 Å². The summed E-state index contributed by atoms with van der Waals surface area (Å²) in [6, 6.07) is 10.6. The molecule has 8 heteroatoms. The second-order valence-electron chi connectivity index (χ2n) is 10.8. The first-order chi connectivity index (χ1) is 17.8. The number of nitrogen functional groups attached to an aromatic ring is 1. The van der Waals surface area contributed by atoms with Crippen molar-refractivity contribution in [3.8, 4) is 11.3 Å². The quantitative estimate of drug-likeness (QED) is 0.440. The van der Waals surface area contributed by atoms with Crippen molar-refractivity contribution in [2.75, 3.05) is 32.0 Å². The summed E-state index contributed by atoms with van der Waals surface area (Å²) in [6.07, 6.45) is 13.6. The van der Waals surface area contributed by atoms with Gasteiger partial charge in [-0.2, -0.15) is 5.10 Å². The van der Waals surface area contributed by atoms with Gasteiger partial charge in [-0.25, -0.2) is 14.6 Å². The largest absolute Gasteiger partial charge is 0.383 e. The van der Waals surface area contributed by atoms with E-state index in [0.29, 0.717) is 23.9 Å². The van der Waals surface area contributed by atoms with E-state index in [9.17, 15) is 0 Å². The van der Waals surface area contributed by atoms with E-state index in [0.717, 1.165) is 61.4 Å². The molecule has 1 saturated heterocycles. The van der Waals surface area contributed by atoms with E-state index in [1.807, 2.05) is 0 Å². The van der Waals surface area contributed by atoms with E-state index < -0.39 is 0 Å². The molecule has 0 bridgehead atoms. The first-order valence-electron chi connectivity index (χ1n) is 13.7. The minimum Gasteiger partial charge on any atom is -0.383 e. The predicted molar refractivity (Wildman–Crippen MR) is 142 cm³/mol. The van der Waals surface area contributed by atoms with Crippen LogP contribution in [-0.4, -0.2) is 61.6 Å². The highest BCUT2D eigenvalue weighted by atomic mass is 16.5. The Balaban J connectivity index is 1.21.